The van der Waals surface area contributed by atoms with E-state index in [1.165, 1.54) is 38.2 Å². The van der Waals surface area contributed by atoms with Crippen LogP contribution in [0.3, 0.4) is 0 Å². The third kappa shape index (κ3) is 4.77. The predicted molar refractivity (Wildman–Crippen MR) is 101 cm³/mol. The standard InChI is InChI=1S/C19H22N2O4S/c1-13-9-14(2)11-17(10-13)20-19(23)12-21(4)26(24,25)18-7-5-16(6-8-18)15(3)22/h5-11H,12H2,1-4H3,(H,20,23). The Bertz CT molecular complexity index is 914. The third-order valence-electron chi connectivity index (χ3n) is 3.84. The molecule has 0 saturated carbocycles. The predicted octanol–water partition coefficient (Wildman–Crippen LogP) is 2.77. The van der Waals surface area contributed by atoms with Crippen LogP contribution in [0.4, 0.5) is 5.69 Å². The van der Waals surface area contributed by atoms with Crippen molar-refractivity contribution in [2.24, 2.45) is 0 Å². The summed E-state index contributed by atoms with van der Waals surface area (Å²) in [6.07, 6.45) is 0. The van der Waals surface area contributed by atoms with Gasteiger partial charge in [0.15, 0.2) is 5.78 Å². The van der Waals surface area contributed by atoms with Gasteiger partial charge in [0, 0.05) is 18.3 Å². The van der Waals surface area contributed by atoms with E-state index in [0.29, 0.717) is 11.3 Å². The fraction of sp³-hybridized carbons (Fsp3) is 0.263. The Morgan fingerprint density at radius 2 is 1.54 bits per heavy atom. The molecule has 7 heteroatoms. The van der Waals surface area contributed by atoms with E-state index in [-0.39, 0.29) is 17.2 Å². The number of sulfonamides is 1. The molecular weight excluding hydrogens is 352 g/mol. The smallest absolute Gasteiger partial charge is 0.243 e. The number of rotatable bonds is 6. The second-order valence-corrected chi connectivity index (χ2v) is 8.31. The highest BCUT2D eigenvalue weighted by molar-refractivity contribution is 7.89. The molecule has 0 saturated heterocycles. The number of hydrogen-bond donors (Lipinski definition) is 1. The van der Waals surface area contributed by atoms with Crippen LogP contribution in [0.5, 0.6) is 0 Å². The summed E-state index contributed by atoms with van der Waals surface area (Å²) in [5.74, 6) is -0.573. The van der Waals surface area contributed by atoms with Gasteiger partial charge < -0.3 is 5.32 Å². The van der Waals surface area contributed by atoms with Gasteiger partial charge in [-0.2, -0.15) is 4.31 Å². The Morgan fingerprint density at radius 1 is 1.00 bits per heavy atom. The van der Waals surface area contributed by atoms with E-state index in [4.69, 9.17) is 0 Å². The maximum absolute atomic E-state index is 12.6. The number of likely N-dealkylation sites (N-methyl/N-ethyl adjacent to an activating group) is 1. The SMILES string of the molecule is CC(=O)c1ccc(S(=O)(=O)N(C)CC(=O)Nc2cc(C)cc(C)c2)cc1. The Kier molecular flexibility index (Phi) is 5.94. The first-order valence-electron chi connectivity index (χ1n) is 8.05. The summed E-state index contributed by atoms with van der Waals surface area (Å²) < 4.78 is 26.1. The molecule has 26 heavy (non-hydrogen) atoms. The van der Waals surface area contributed by atoms with Crippen molar-refractivity contribution < 1.29 is 18.0 Å². The Hall–Kier alpha value is -2.51. The van der Waals surface area contributed by atoms with Gasteiger partial charge in [-0.05, 0) is 56.2 Å². The topological polar surface area (TPSA) is 83.6 Å². The van der Waals surface area contributed by atoms with Gasteiger partial charge in [-0.1, -0.05) is 18.2 Å². The number of anilines is 1. The summed E-state index contributed by atoms with van der Waals surface area (Å²) in [5.41, 5.74) is 3.07. The summed E-state index contributed by atoms with van der Waals surface area (Å²) in [5, 5.41) is 2.71. The van der Waals surface area contributed by atoms with Gasteiger partial charge in [-0.15, -0.1) is 0 Å². The molecule has 0 heterocycles. The number of nitrogens with one attached hydrogen (secondary N) is 1. The largest absolute Gasteiger partial charge is 0.325 e. The van der Waals surface area contributed by atoms with Crippen LogP contribution in [-0.4, -0.2) is 38.0 Å². The van der Waals surface area contributed by atoms with E-state index >= 15 is 0 Å². The van der Waals surface area contributed by atoms with Crippen LogP contribution in [0.2, 0.25) is 0 Å². The van der Waals surface area contributed by atoms with E-state index in [1.54, 1.807) is 0 Å². The lowest BCUT2D eigenvalue weighted by Crippen LogP contribution is -2.35. The molecule has 0 unspecified atom stereocenters. The number of benzene rings is 2. The van der Waals surface area contributed by atoms with Crippen LogP contribution in [0.25, 0.3) is 0 Å². The molecule has 0 aliphatic heterocycles. The second-order valence-electron chi connectivity index (χ2n) is 6.27. The van der Waals surface area contributed by atoms with E-state index < -0.39 is 15.9 Å². The zero-order valence-electron chi connectivity index (χ0n) is 15.2. The van der Waals surface area contributed by atoms with Gasteiger partial charge in [-0.25, -0.2) is 8.42 Å². The van der Waals surface area contributed by atoms with Crippen LogP contribution in [0.1, 0.15) is 28.4 Å². The Labute approximate surface area is 153 Å². The molecule has 2 aromatic carbocycles. The van der Waals surface area contributed by atoms with Gasteiger partial charge in [0.2, 0.25) is 15.9 Å². The average molecular weight is 374 g/mol. The summed E-state index contributed by atoms with van der Waals surface area (Å²) in [7, 11) is -2.48. The number of hydrogen-bond acceptors (Lipinski definition) is 4. The maximum Gasteiger partial charge on any atom is 0.243 e. The lowest BCUT2D eigenvalue weighted by atomic mass is 10.1. The molecule has 0 fully saturated rings. The lowest BCUT2D eigenvalue weighted by molar-refractivity contribution is -0.116. The third-order valence-corrected chi connectivity index (χ3v) is 5.66. The Morgan fingerprint density at radius 3 is 2.04 bits per heavy atom. The molecule has 0 radical (unpaired) electrons. The summed E-state index contributed by atoms with van der Waals surface area (Å²) >= 11 is 0. The molecule has 6 nitrogen and oxygen atoms in total. The highest BCUT2D eigenvalue weighted by Crippen LogP contribution is 2.17. The zero-order chi connectivity index (χ0) is 19.5. The van der Waals surface area contributed by atoms with Crippen molar-refractivity contribution in [2.45, 2.75) is 25.7 Å². The summed E-state index contributed by atoms with van der Waals surface area (Å²) in [4.78, 5) is 23.5. The minimum Gasteiger partial charge on any atom is -0.325 e. The number of amides is 1. The van der Waals surface area contributed by atoms with Crippen molar-refractivity contribution in [1.29, 1.82) is 0 Å². The van der Waals surface area contributed by atoms with Gasteiger partial charge in [0.1, 0.15) is 0 Å². The molecule has 0 spiro atoms. The average Bonchev–Trinajstić information content (AvgIpc) is 2.53. The fourth-order valence-corrected chi connectivity index (χ4v) is 3.70. The highest BCUT2D eigenvalue weighted by atomic mass is 32.2. The van der Waals surface area contributed by atoms with Crippen LogP contribution >= 0.6 is 0 Å². The highest BCUT2D eigenvalue weighted by Gasteiger charge is 2.23. The minimum absolute atomic E-state index is 0.0317. The molecule has 138 valence electrons. The van der Waals surface area contributed by atoms with Crippen molar-refractivity contribution in [3.63, 3.8) is 0 Å². The van der Waals surface area contributed by atoms with Crippen molar-refractivity contribution in [3.8, 4) is 0 Å². The molecule has 1 N–H and O–H groups in total. The maximum atomic E-state index is 12.6. The second kappa shape index (κ2) is 7.80. The van der Waals surface area contributed by atoms with E-state index in [0.717, 1.165) is 15.4 Å². The number of nitrogens with zero attached hydrogens (tertiary/aromatic N) is 1. The number of Topliss-reactive ketones (excluding diaryl/α,β-unsaturated/α-hetero) is 1. The molecular formula is C19H22N2O4S. The van der Waals surface area contributed by atoms with Crippen molar-refractivity contribution >= 4 is 27.4 Å². The monoisotopic (exact) mass is 374 g/mol. The van der Waals surface area contributed by atoms with Crippen LogP contribution in [0, 0.1) is 13.8 Å². The van der Waals surface area contributed by atoms with Gasteiger partial charge in [-0.3, -0.25) is 9.59 Å². The molecule has 1 amide bonds. The van der Waals surface area contributed by atoms with Crippen LogP contribution < -0.4 is 5.32 Å². The number of carbonyl (C=O) groups is 2. The first-order chi connectivity index (χ1) is 12.1. The van der Waals surface area contributed by atoms with Gasteiger partial charge in [0.05, 0.1) is 11.4 Å². The molecule has 0 aromatic heterocycles. The summed E-state index contributed by atoms with van der Waals surface area (Å²) in [6.45, 7) is 4.94. The quantitative estimate of drug-likeness (QED) is 0.788. The fourth-order valence-electron chi connectivity index (χ4n) is 2.58. The van der Waals surface area contributed by atoms with Crippen LogP contribution in [-0.2, 0) is 14.8 Å². The van der Waals surface area contributed by atoms with E-state index in [1.807, 2.05) is 32.0 Å². The zero-order valence-corrected chi connectivity index (χ0v) is 16.1. The number of ketones is 1. The first kappa shape index (κ1) is 19.8. The van der Waals surface area contributed by atoms with Gasteiger partial charge in [0.25, 0.3) is 0 Å². The molecule has 2 aromatic rings. The lowest BCUT2D eigenvalue weighted by Gasteiger charge is -2.17. The van der Waals surface area contributed by atoms with Gasteiger partial charge >= 0.3 is 0 Å². The molecule has 2 rings (SSSR count). The Balaban J connectivity index is 2.10. The molecule has 0 aliphatic carbocycles. The van der Waals surface area contributed by atoms with Crippen LogP contribution in [0.15, 0.2) is 47.4 Å². The van der Waals surface area contributed by atoms with Crippen molar-refractivity contribution in [1.82, 2.24) is 4.31 Å². The first-order valence-corrected chi connectivity index (χ1v) is 9.49. The molecule has 0 aliphatic rings. The molecule has 0 bridgehead atoms. The minimum atomic E-state index is -3.82. The van der Waals surface area contributed by atoms with Crippen molar-refractivity contribution in [3.05, 3.63) is 59.2 Å². The molecule has 0 atom stereocenters. The number of aryl methyl sites for hydroxylation is 2. The number of carbonyl (C=O) groups excluding carboxylic acids is 2. The summed E-state index contributed by atoms with van der Waals surface area (Å²) in [6, 6.07) is 11.3. The normalized spacial score (nSPS) is 11.4. The van der Waals surface area contributed by atoms with E-state index in [9.17, 15) is 18.0 Å². The van der Waals surface area contributed by atoms with Crippen molar-refractivity contribution in [2.75, 3.05) is 18.9 Å². The van der Waals surface area contributed by atoms with E-state index in [2.05, 4.69) is 5.32 Å².